The molecule has 2 aromatic carbocycles. The molecular formula is C38H46N6O14. The van der Waals surface area contributed by atoms with Crippen molar-refractivity contribution in [1.82, 2.24) is 26.2 Å². The van der Waals surface area contributed by atoms with Gasteiger partial charge in [0.1, 0.15) is 35.2 Å². The Morgan fingerprint density at radius 1 is 0.948 bits per heavy atom. The molecule has 3 fully saturated rings. The number of morpholine rings is 1. The molecular weight excluding hydrogens is 764 g/mol. The summed E-state index contributed by atoms with van der Waals surface area (Å²) in [6.07, 6.45) is -4.12. The number of ether oxygens (including phenoxy) is 5. The number of nitrogens with two attached hydrogens (primary N) is 1. The summed E-state index contributed by atoms with van der Waals surface area (Å²) in [5.41, 5.74) is 1.49. The van der Waals surface area contributed by atoms with Crippen molar-refractivity contribution in [2.75, 3.05) is 59.6 Å². The van der Waals surface area contributed by atoms with Gasteiger partial charge in [0.25, 0.3) is 5.91 Å². The summed E-state index contributed by atoms with van der Waals surface area (Å²) in [7, 11) is 1.33. The summed E-state index contributed by atoms with van der Waals surface area (Å²) in [5, 5.41) is 45.5. The van der Waals surface area contributed by atoms with Crippen LogP contribution in [0.1, 0.15) is 68.8 Å². The van der Waals surface area contributed by atoms with Gasteiger partial charge in [-0.1, -0.05) is 12.1 Å². The van der Waals surface area contributed by atoms with Crippen molar-refractivity contribution in [3.05, 3.63) is 51.6 Å². The molecule has 312 valence electrons. The Kier molecular flexibility index (Phi) is 11.7. The lowest BCUT2D eigenvalue weighted by Gasteiger charge is -2.43. The zero-order valence-corrected chi connectivity index (χ0v) is 31.8. The number of fused-ring (bicyclic) bond motifs is 6. The SMILES string of the molecule is COc1cccc2c1C(=O)c1c(O)c3c(c(O)c1C2=O)C[C@@](O)(C(=O)NCCNC(=O)CNC(=O)CNC(=O)CN)C[C@@H]3O[C@H]1C[C@H]2[C@H](O[C@@H]3COCCN32)[C@H](C)O1. The predicted molar refractivity (Wildman–Crippen MR) is 197 cm³/mol. The van der Waals surface area contributed by atoms with Crippen molar-refractivity contribution in [3.63, 3.8) is 0 Å². The molecule has 4 amide bonds. The van der Waals surface area contributed by atoms with E-state index in [-0.39, 0.29) is 72.6 Å². The number of rotatable bonds is 12. The molecule has 0 spiro atoms. The van der Waals surface area contributed by atoms with E-state index in [1.54, 1.807) is 0 Å². The average molecular weight is 811 g/mol. The highest BCUT2D eigenvalue weighted by Gasteiger charge is 2.53. The number of carbonyl (C=O) groups is 6. The molecule has 0 radical (unpaired) electrons. The van der Waals surface area contributed by atoms with Crippen LogP contribution in [0.4, 0.5) is 0 Å². The summed E-state index contributed by atoms with van der Waals surface area (Å²) in [4.78, 5) is 79.4. The Morgan fingerprint density at radius 3 is 2.40 bits per heavy atom. The van der Waals surface area contributed by atoms with E-state index in [1.165, 1.54) is 25.3 Å². The highest BCUT2D eigenvalue weighted by molar-refractivity contribution is 6.31. The largest absolute Gasteiger partial charge is 0.507 e. The van der Waals surface area contributed by atoms with Crippen LogP contribution in [0, 0.1) is 0 Å². The molecule has 9 N–H and O–H groups in total. The molecule has 20 heteroatoms. The number of nitrogens with one attached hydrogen (secondary N) is 4. The lowest BCUT2D eigenvalue weighted by Crippen LogP contribution is -2.54. The van der Waals surface area contributed by atoms with Gasteiger partial charge in [-0.25, -0.2) is 0 Å². The van der Waals surface area contributed by atoms with Gasteiger partial charge in [-0.05, 0) is 13.0 Å². The number of nitrogens with zero attached hydrogens (tertiary/aromatic N) is 1. The molecule has 7 rings (SSSR count). The number of benzene rings is 2. The Labute approximate surface area is 331 Å². The maximum absolute atomic E-state index is 14.1. The third-order valence-corrected chi connectivity index (χ3v) is 11.1. The second kappa shape index (κ2) is 16.6. The van der Waals surface area contributed by atoms with Gasteiger partial charge in [-0.15, -0.1) is 0 Å². The normalized spacial score (nSPS) is 27.2. The lowest BCUT2D eigenvalue weighted by molar-refractivity contribution is -0.247. The Morgan fingerprint density at radius 2 is 1.66 bits per heavy atom. The van der Waals surface area contributed by atoms with Gasteiger partial charge in [-0.3, -0.25) is 33.7 Å². The van der Waals surface area contributed by atoms with Gasteiger partial charge in [0, 0.05) is 61.6 Å². The van der Waals surface area contributed by atoms with Crippen LogP contribution in [0.15, 0.2) is 18.2 Å². The van der Waals surface area contributed by atoms with E-state index < -0.39 is 101 Å². The molecule has 3 heterocycles. The van der Waals surface area contributed by atoms with Crippen LogP contribution >= 0.6 is 0 Å². The van der Waals surface area contributed by atoms with Gasteiger partial charge in [0.15, 0.2) is 12.1 Å². The third kappa shape index (κ3) is 7.59. The van der Waals surface area contributed by atoms with Gasteiger partial charge in [0.2, 0.25) is 23.5 Å². The quantitative estimate of drug-likeness (QED) is 0.0699. The van der Waals surface area contributed by atoms with Crippen molar-refractivity contribution < 1.29 is 67.8 Å². The summed E-state index contributed by atoms with van der Waals surface area (Å²) >= 11 is 0. The Bertz CT molecular complexity index is 2030. The van der Waals surface area contributed by atoms with E-state index in [9.17, 15) is 44.1 Å². The van der Waals surface area contributed by atoms with E-state index in [2.05, 4.69) is 26.2 Å². The number of methoxy groups -OCH3 is 1. The number of phenolic OH excluding ortho intramolecular Hbond substituents is 2. The number of phenols is 2. The topological polar surface area (TPSA) is 287 Å². The van der Waals surface area contributed by atoms with Crippen molar-refractivity contribution >= 4 is 35.2 Å². The number of ketones is 2. The van der Waals surface area contributed by atoms with Crippen molar-refractivity contribution in [1.29, 1.82) is 0 Å². The summed E-state index contributed by atoms with van der Waals surface area (Å²) in [5.74, 6) is -5.51. The first-order chi connectivity index (χ1) is 27.8. The van der Waals surface area contributed by atoms with Gasteiger partial charge in [-0.2, -0.15) is 0 Å². The maximum atomic E-state index is 14.1. The maximum Gasteiger partial charge on any atom is 0.252 e. The number of amides is 4. The number of carbonyl (C=O) groups excluding carboxylic acids is 6. The van der Waals surface area contributed by atoms with Crippen LogP contribution in [0.2, 0.25) is 0 Å². The van der Waals surface area contributed by atoms with Crippen LogP contribution in [0.25, 0.3) is 0 Å². The zero-order valence-electron chi connectivity index (χ0n) is 31.8. The average Bonchev–Trinajstić information content (AvgIpc) is 3.59. The van der Waals surface area contributed by atoms with Crippen molar-refractivity contribution in [2.24, 2.45) is 5.73 Å². The van der Waals surface area contributed by atoms with Crippen LogP contribution in [-0.2, 0) is 44.5 Å². The minimum absolute atomic E-state index is 0.0672. The first kappa shape index (κ1) is 41.0. The molecule has 0 saturated carbocycles. The molecule has 7 atom stereocenters. The fourth-order valence-corrected chi connectivity index (χ4v) is 8.39. The number of aliphatic hydroxyl groups is 1. The van der Waals surface area contributed by atoms with Gasteiger partial charge >= 0.3 is 0 Å². The standard InChI is InChI=1S/C38H46N6O14/c1-17-36-20(44-8-9-55-16-26(44)58-36)10-27(56-17)57-22-12-38(53,37(52)41-7-6-40-24(46)14-43-25(47)15-42-23(45)13-39)11-19-29(22)35(51)31-30(33(19)49)32(48)18-4-3-5-21(54-2)28(18)34(31)50/h3-5,17,20,22,26-27,36,49,51,53H,6-16,39H2,1-2H3,(H,40,46)(H,41,52)(H,42,45)(H,43,47)/t17-,20-,22-,26+,27-,36+,38-/m0/s1. The molecule has 0 unspecified atom stereocenters. The minimum Gasteiger partial charge on any atom is -0.507 e. The fourth-order valence-electron chi connectivity index (χ4n) is 8.39. The van der Waals surface area contributed by atoms with Crippen LogP contribution in [-0.4, -0.2) is 151 Å². The summed E-state index contributed by atoms with van der Waals surface area (Å²) in [6.45, 7) is 1.97. The first-order valence-electron chi connectivity index (χ1n) is 18.9. The molecule has 3 saturated heterocycles. The number of hydrogen-bond acceptors (Lipinski definition) is 16. The van der Waals surface area contributed by atoms with Gasteiger partial charge in [0.05, 0.1) is 68.9 Å². The molecule has 20 nitrogen and oxygen atoms in total. The highest BCUT2D eigenvalue weighted by atomic mass is 16.7. The number of aromatic hydroxyl groups is 2. The van der Waals surface area contributed by atoms with Crippen LogP contribution in [0.3, 0.4) is 0 Å². The number of hydrogen-bond donors (Lipinski definition) is 8. The zero-order chi connectivity index (χ0) is 41.5. The van der Waals surface area contributed by atoms with E-state index in [4.69, 9.17) is 29.4 Å². The molecule has 5 aliphatic rings. The van der Waals surface area contributed by atoms with Crippen molar-refractivity contribution in [2.45, 2.75) is 68.7 Å². The van der Waals surface area contributed by atoms with Crippen molar-refractivity contribution in [3.8, 4) is 17.2 Å². The smallest absolute Gasteiger partial charge is 0.252 e. The monoisotopic (exact) mass is 810 g/mol. The first-order valence-corrected chi connectivity index (χ1v) is 18.9. The highest BCUT2D eigenvalue weighted by Crippen LogP contribution is 2.53. The third-order valence-electron chi connectivity index (χ3n) is 11.1. The second-order valence-electron chi connectivity index (χ2n) is 14.7. The Balaban J connectivity index is 1.13. The Hall–Kier alpha value is -5.22. The van der Waals surface area contributed by atoms with Crippen LogP contribution < -0.4 is 31.7 Å². The molecule has 0 aromatic heterocycles. The predicted octanol–water partition coefficient (Wildman–Crippen LogP) is -2.40. The molecule has 58 heavy (non-hydrogen) atoms. The summed E-state index contributed by atoms with van der Waals surface area (Å²) < 4.78 is 30.0. The van der Waals surface area contributed by atoms with E-state index in [1.807, 2.05) is 6.92 Å². The second-order valence-corrected chi connectivity index (χ2v) is 14.7. The molecule has 2 aromatic rings. The molecule has 3 aliphatic heterocycles. The van der Waals surface area contributed by atoms with E-state index in [0.29, 0.717) is 26.2 Å². The summed E-state index contributed by atoms with van der Waals surface area (Å²) in [6, 6.07) is 4.25. The fraction of sp³-hybridized carbons (Fsp3) is 0.526. The lowest BCUT2D eigenvalue weighted by atomic mass is 9.72. The van der Waals surface area contributed by atoms with E-state index in [0.717, 1.165) is 0 Å². The van der Waals surface area contributed by atoms with Crippen LogP contribution in [0.5, 0.6) is 17.2 Å². The van der Waals surface area contributed by atoms with E-state index >= 15 is 0 Å². The minimum atomic E-state index is -2.31. The molecule has 2 aliphatic carbocycles. The van der Waals surface area contributed by atoms with Gasteiger partial charge < -0.3 is 66.0 Å². The molecule has 0 bridgehead atoms.